The Morgan fingerprint density at radius 1 is 1.57 bits per heavy atom. The van der Waals surface area contributed by atoms with Crippen LogP contribution in [0.25, 0.3) is 0 Å². The van der Waals surface area contributed by atoms with Crippen LogP contribution in [0, 0.1) is 0 Å². The second-order valence-corrected chi connectivity index (χ2v) is 5.05. The van der Waals surface area contributed by atoms with Crippen LogP contribution in [0.2, 0.25) is 0 Å². The fourth-order valence-electron chi connectivity index (χ4n) is 1.65. The number of nitrogens with one attached hydrogen (secondary N) is 1. The minimum Gasteiger partial charge on any atom is -0.362 e. The van der Waals surface area contributed by atoms with E-state index in [0.717, 1.165) is 0 Å². The first kappa shape index (κ1) is 11.9. The standard InChI is InChI=1S/C11H22N2S/c1-4-6-9(3)12-11-13-10(5-2)7-8-14-11/h9-10H,4-8H2,1-3H3,(H,12,13). The Hall–Kier alpha value is -0.180. The van der Waals surface area contributed by atoms with E-state index in [-0.39, 0.29) is 0 Å². The number of hydrogen-bond acceptors (Lipinski definition) is 3. The maximum Gasteiger partial charge on any atom is 0.157 e. The molecule has 0 aromatic heterocycles. The van der Waals surface area contributed by atoms with Gasteiger partial charge in [0, 0.05) is 11.8 Å². The van der Waals surface area contributed by atoms with Gasteiger partial charge < -0.3 is 5.32 Å². The van der Waals surface area contributed by atoms with Gasteiger partial charge in [-0.2, -0.15) is 0 Å². The zero-order chi connectivity index (χ0) is 10.4. The van der Waals surface area contributed by atoms with E-state index in [1.165, 1.54) is 36.6 Å². The molecule has 1 heterocycles. The van der Waals surface area contributed by atoms with Crippen LogP contribution in [0.15, 0.2) is 4.99 Å². The monoisotopic (exact) mass is 214 g/mol. The number of rotatable bonds is 4. The molecule has 0 bridgehead atoms. The van der Waals surface area contributed by atoms with Gasteiger partial charge in [0.05, 0.1) is 6.04 Å². The minimum absolute atomic E-state index is 0.563. The normalized spacial score (nSPS) is 24.2. The third kappa shape index (κ3) is 3.91. The number of hydrogen-bond donors (Lipinski definition) is 1. The SMILES string of the molecule is CCCC(C)NC1=NC(CC)CCS1. The van der Waals surface area contributed by atoms with E-state index in [4.69, 9.17) is 4.99 Å². The van der Waals surface area contributed by atoms with E-state index in [9.17, 15) is 0 Å². The van der Waals surface area contributed by atoms with Crippen molar-refractivity contribution in [2.75, 3.05) is 5.75 Å². The molecule has 82 valence electrons. The second-order valence-electron chi connectivity index (χ2n) is 3.97. The Balaban J connectivity index is 2.38. The number of thioether (sulfide) groups is 1. The van der Waals surface area contributed by atoms with Gasteiger partial charge >= 0.3 is 0 Å². The van der Waals surface area contributed by atoms with Gasteiger partial charge in [-0.05, 0) is 26.2 Å². The predicted octanol–water partition coefficient (Wildman–Crippen LogP) is 3.04. The summed E-state index contributed by atoms with van der Waals surface area (Å²) in [5.41, 5.74) is 0. The average molecular weight is 214 g/mol. The van der Waals surface area contributed by atoms with Gasteiger partial charge in [-0.3, -0.25) is 4.99 Å². The molecule has 0 saturated carbocycles. The van der Waals surface area contributed by atoms with Crippen molar-refractivity contribution in [1.82, 2.24) is 5.32 Å². The predicted molar refractivity (Wildman–Crippen MR) is 66.1 cm³/mol. The smallest absolute Gasteiger partial charge is 0.157 e. The summed E-state index contributed by atoms with van der Waals surface area (Å²) in [5.74, 6) is 1.23. The maximum absolute atomic E-state index is 4.69. The van der Waals surface area contributed by atoms with Gasteiger partial charge in [-0.1, -0.05) is 32.0 Å². The number of aliphatic imine (C=N–C) groups is 1. The van der Waals surface area contributed by atoms with Crippen molar-refractivity contribution in [3.8, 4) is 0 Å². The first-order valence-electron chi connectivity index (χ1n) is 5.73. The maximum atomic E-state index is 4.69. The van der Waals surface area contributed by atoms with E-state index < -0.39 is 0 Å². The summed E-state index contributed by atoms with van der Waals surface area (Å²) in [4.78, 5) is 4.69. The molecule has 0 radical (unpaired) electrons. The summed E-state index contributed by atoms with van der Waals surface area (Å²) in [5, 5.41) is 4.67. The van der Waals surface area contributed by atoms with Gasteiger partial charge in [0.1, 0.15) is 0 Å². The zero-order valence-electron chi connectivity index (χ0n) is 9.55. The molecule has 1 rings (SSSR count). The molecular weight excluding hydrogens is 192 g/mol. The molecular formula is C11H22N2S. The molecule has 1 aliphatic heterocycles. The van der Waals surface area contributed by atoms with Gasteiger partial charge in [0.2, 0.25) is 0 Å². The third-order valence-corrected chi connectivity index (χ3v) is 3.49. The Bertz CT molecular complexity index is 192. The average Bonchev–Trinajstić information content (AvgIpc) is 2.18. The highest BCUT2D eigenvalue weighted by molar-refractivity contribution is 8.13. The number of nitrogens with zero attached hydrogens (tertiary/aromatic N) is 1. The Labute approximate surface area is 92.0 Å². The first-order chi connectivity index (χ1) is 6.76. The fraction of sp³-hybridized carbons (Fsp3) is 0.909. The van der Waals surface area contributed by atoms with Crippen LogP contribution in [0.3, 0.4) is 0 Å². The third-order valence-electron chi connectivity index (χ3n) is 2.55. The molecule has 3 heteroatoms. The van der Waals surface area contributed by atoms with E-state index in [1.807, 2.05) is 11.8 Å². The van der Waals surface area contributed by atoms with Crippen molar-refractivity contribution < 1.29 is 0 Å². The van der Waals surface area contributed by atoms with E-state index in [0.29, 0.717) is 12.1 Å². The highest BCUT2D eigenvalue weighted by Gasteiger charge is 2.14. The Kier molecular flexibility index (Phi) is 5.38. The molecule has 0 aromatic rings. The topological polar surface area (TPSA) is 24.4 Å². The highest BCUT2D eigenvalue weighted by Crippen LogP contribution is 2.18. The van der Waals surface area contributed by atoms with Crippen molar-refractivity contribution in [2.45, 2.75) is 58.5 Å². The van der Waals surface area contributed by atoms with Gasteiger partial charge in [0.25, 0.3) is 0 Å². The van der Waals surface area contributed by atoms with Crippen molar-refractivity contribution in [3.63, 3.8) is 0 Å². The Morgan fingerprint density at radius 2 is 2.36 bits per heavy atom. The van der Waals surface area contributed by atoms with Crippen LogP contribution in [0.5, 0.6) is 0 Å². The molecule has 2 unspecified atom stereocenters. The molecule has 2 atom stereocenters. The van der Waals surface area contributed by atoms with Crippen molar-refractivity contribution in [1.29, 1.82) is 0 Å². The van der Waals surface area contributed by atoms with E-state index in [1.54, 1.807) is 0 Å². The lowest BCUT2D eigenvalue weighted by Crippen LogP contribution is -2.33. The summed E-state index contributed by atoms with van der Waals surface area (Å²) in [6.07, 6.45) is 4.89. The van der Waals surface area contributed by atoms with Crippen molar-refractivity contribution in [3.05, 3.63) is 0 Å². The molecule has 1 N–H and O–H groups in total. The minimum atomic E-state index is 0.563. The van der Waals surface area contributed by atoms with Crippen LogP contribution < -0.4 is 5.32 Å². The summed E-state index contributed by atoms with van der Waals surface area (Å²) < 4.78 is 0. The lowest BCUT2D eigenvalue weighted by Gasteiger charge is -2.22. The van der Waals surface area contributed by atoms with Gasteiger partial charge in [-0.25, -0.2) is 0 Å². The summed E-state index contributed by atoms with van der Waals surface area (Å²) in [6.45, 7) is 6.68. The lowest BCUT2D eigenvalue weighted by atomic mass is 10.2. The zero-order valence-corrected chi connectivity index (χ0v) is 10.4. The van der Waals surface area contributed by atoms with Crippen LogP contribution >= 0.6 is 11.8 Å². The molecule has 1 aliphatic rings. The largest absolute Gasteiger partial charge is 0.362 e. The molecule has 0 fully saturated rings. The quantitative estimate of drug-likeness (QED) is 0.778. The lowest BCUT2D eigenvalue weighted by molar-refractivity contribution is 0.585. The summed E-state index contributed by atoms with van der Waals surface area (Å²) in [6, 6.07) is 1.13. The van der Waals surface area contributed by atoms with Gasteiger partial charge in [-0.15, -0.1) is 0 Å². The summed E-state index contributed by atoms with van der Waals surface area (Å²) in [7, 11) is 0. The summed E-state index contributed by atoms with van der Waals surface area (Å²) >= 11 is 1.88. The molecule has 0 spiro atoms. The van der Waals surface area contributed by atoms with Gasteiger partial charge in [0.15, 0.2) is 5.17 Å². The van der Waals surface area contributed by atoms with Crippen molar-refractivity contribution in [2.24, 2.45) is 4.99 Å². The number of amidine groups is 1. The molecule has 0 aromatic carbocycles. The molecule has 14 heavy (non-hydrogen) atoms. The highest BCUT2D eigenvalue weighted by atomic mass is 32.2. The second kappa shape index (κ2) is 6.33. The van der Waals surface area contributed by atoms with Crippen LogP contribution in [0.4, 0.5) is 0 Å². The molecule has 0 saturated heterocycles. The first-order valence-corrected chi connectivity index (χ1v) is 6.72. The fourth-order valence-corrected chi connectivity index (χ4v) is 2.74. The molecule has 2 nitrogen and oxygen atoms in total. The van der Waals surface area contributed by atoms with Crippen LogP contribution in [0.1, 0.15) is 46.5 Å². The van der Waals surface area contributed by atoms with Crippen LogP contribution in [-0.2, 0) is 0 Å². The Morgan fingerprint density at radius 3 is 3.00 bits per heavy atom. The molecule has 0 aliphatic carbocycles. The van der Waals surface area contributed by atoms with Crippen molar-refractivity contribution >= 4 is 16.9 Å². The van der Waals surface area contributed by atoms with E-state index >= 15 is 0 Å². The van der Waals surface area contributed by atoms with E-state index in [2.05, 4.69) is 26.1 Å². The van der Waals surface area contributed by atoms with Crippen LogP contribution in [-0.4, -0.2) is 23.0 Å². The molecule has 0 amide bonds.